The standard InChI is InChI=1S/C17H19BrClN/c1-10-7-11(2)16(12(3)8-10)17(20-4)13-5-6-15(19)14(18)9-13/h5-9,17,20H,1-4H3. The molecule has 0 amide bonds. The van der Waals surface area contributed by atoms with Crippen molar-refractivity contribution in [3.8, 4) is 0 Å². The third kappa shape index (κ3) is 3.08. The first kappa shape index (κ1) is 15.6. The van der Waals surface area contributed by atoms with Gasteiger partial charge in [-0.15, -0.1) is 0 Å². The van der Waals surface area contributed by atoms with Gasteiger partial charge in [-0.2, -0.15) is 0 Å². The van der Waals surface area contributed by atoms with Gasteiger partial charge in [0.15, 0.2) is 0 Å². The van der Waals surface area contributed by atoms with E-state index in [1.54, 1.807) is 0 Å². The summed E-state index contributed by atoms with van der Waals surface area (Å²) in [6.07, 6.45) is 0. The molecule has 0 aliphatic carbocycles. The SMILES string of the molecule is CNC(c1ccc(Cl)c(Br)c1)c1c(C)cc(C)cc1C. The van der Waals surface area contributed by atoms with Gasteiger partial charge >= 0.3 is 0 Å². The molecule has 2 aromatic carbocycles. The van der Waals surface area contributed by atoms with Crippen LogP contribution in [0.15, 0.2) is 34.8 Å². The molecule has 0 radical (unpaired) electrons. The van der Waals surface area contributed by atoms with Crippen molar-refractivity contribution in [1.82, 2.24) is 5.32 Å². The van der Waals surface area contributed by atoms with E-state index >= 15 is 0 Å². The predicted molar refractivity (Wildman–Crippen MR) is 90.7 cm³/mol. The minimum absolute atomic E-state index is 0.171. The summed E-state index contributed by atoms with van der Waals surface area (Å²) in [5.41, 5.74) is 6.47. The van der Waals surface area contributed by atoms with Crippen LogP contribution in [0.3, 0.4) is 0 Å². The first-order chi connectivity index (χ1) is 9.43. The van der Waals surface area contributed by atoms with Gasteiger partial charge in [0.1, 0.15) is 0 Å². The van der Waals surface area contributed by atoms with Gasteiger partial charge in [-0.1, -0.05) is 35.4 Å². The first-order valence-electron chi connectivity index (χ1n) is 6.64. The van der Waals surface area contributed by atoms with E-state index in [4.69, 9.17) is 11.6 Å². The summed E-state index contributed by atoms with van der Waals surface area (Å²) >= 11 is 9.60. The molecule has 0 bridgehead atoms. The summed E-state index contributed by atoms with van der Waals surface area (Å²) in [5.74, 6) is 0. The molecule has 1 nitrogen and oxygen atoms in total. The Morgan fingerprint density at radius 1 is 1.05 bits per heavy atom. The minimum Gasteiger partial charge on any atom is -0.309 e. The van der Waals surface area contributed by atoms with Crippen LogP contribution in [0.4, 0.5) is 0 Å². The van der Waals surface area contributed by atoms with Crippen LogP contribution in [-0.2, 0) is 0 Å². The van der Waals surface area contributed by atoms with Crippen LogP contribution >= 0.6 is 27.5 Å². The molecule has 0 fully saturated rings. The van der Waals surface area contributed by atoms with E-state index in [0.717, 1.165) is 9.50 Å². The smallest absolute Gasteiger partial charge is 0.0579 e. The van der Waals surface area contributed by atoms with E-state index in [0.29, 0.717) is 0 Å². The van der Waals surface area contributed by atoms with Crippen molar-refractivity contribution >= 4 is 27.5 Å². The molecule has 1 unspecified atom stereocenters. The highest BCUT2D eigenvalue weighted by Gasteiger charge is 2.17. The average molecular weight is 353 g/mol. The summed E-state index contributed by atoms with van der Waals surface area (Å²) in [4.78, 5) is 0. The van der Waals surface area contributed by atoms with Gasteiger partial charge in [0.2, 0.25) is 0 Å². The van der Waals surface area contributed by atoms with Crippen LogP contribution in [0.1, 0.15) is 33.9 Å². The van der Waals surface area contributed by atoms with Crippen molar-refractivity contribution in [2.45, 2.75) is 26.8 Å². The molecule has 0 heterocycles. The highest BCUT2D eigenvalue weighted by Crippen LogP contribution is 2.32. The Morgan fingerprint density at radius 2 is 1.65 bits per heavy atom. The van der Waals surface area contributed by atoms with Crippen molar-refractivity contribution < 1.29 is 0 Å². The number of rotatable bonds is 3. The summed E-state index contributed by atoms with van der Waals surface area (Å²) in [6, 6.07) is 10.7. The van der Waals surface area contributed by atoms with E-state index in [1.165, 1.54) is 27.8 Å². The highest BCUT2D eigenvalue weighted by molar-refractivity contribution is 9.10. The Morgan fingerprint density at radius 3 is 2.15 bits per heavy atom. The van der Waals surface area contributed by atoms with Crippen molar-refractivity contribution in [1.29, 1.82) is 0 Å². The summed E-state index contributed by atoms with van der Waals surface area (Å²) in [6.45, 7) is 6.48. The largest absolute Gasteiger partial charge is 0.309 e. The van der Waals surface area contributed by atoms with Crippen LogP contribution in [-0.4, -0.2) is 7.05 Å². The topological polar surface area (TPSA) is 12.0 Å². The zero-order valence-electron chi connectivity index (χ0n) is 12.2. The molecular weight excluding hydrogens is 334 g/mol. The Hall–Kier alpha value is -0.830. The fourth-order valence-electron chi connectivity index (χ4n) is 2.82. The second-order valence-corrected chi connectivity index (χ2v) is 6.47. The van der Waals surface area contributed by atoms with Gasteiger partial charge in [0, 0.05) is 4.47 Å². The zero-order valence-corrected chi connectivity index (χ0v) is 14.6. The lowest BCUT2D eigenvalue weighted by molar-refractivity contribution is 0.682. The zero-order chi connectivity index (χ0) is 14.9. The second-order valence-electron chi connectivity index (χ2n) is 5.21. The molecule has 2 aromatic rings. The molecule has 3 heteroatoms. The molecule has 0 aliphatic rings. The predicted octanol–water partition coefficient (Wildman–Crippen LogP) is 5.34. The monoisotopic (exact) mass is 351 g/mol. The Bertz CT molecular complexity index is 614. The fourth-order valence-corrected chi connectivity index (χ4v) is 3.33. The molecule has 0 saturated carbocycles. The average Bonchev–Trinajstić information content (AvgIpc) is 2.37. The number of nitrogens with one attached hydrogen (secondary N) is 1. The van der Waals surface area contributed by atoms with Gasteiger partial charge < -0.3 is 5.32 Å². The van der Waals surface area contributed by atoms with E-state index in [-0.39, 0.29) is 6.04 Å². The van der Waals surface area contributed by atoms with Crippen molar-refractivity contribution in [3.63, 3.8) is 0 Å². The molecule has 2 rings (SSSR count). The minimum atomic E-state index is 0.171. The third-order valence-corrected chi connectivity index (χ3v) is 4.81. The second kappa shape index (κ2) is 6.30. The van der Waals surface area contributed by atoms with Crippen molar-refractivity contribution in [3.05, 3.63) is 67.6 Å². The molecular formula is C17H19BrClN. The van der Waals surface area contributed by atoms with E-state index < -0.39 is 0 Å². The third-order valence-electron chi connectivity index (χ3n) is 3.59. The maximum absolute atomic E-state index is 6.09. The lowest BCUT2D eigenvalue weighted by Gasteiger charge is -2.22. The highest BCUT2D eigenvalue weighted by atomic mass is 79.9. The van der Waals surface area contributed by atoms with E-state index in [1.807, 2.05) is 13.1 Å². The fraction of sp³-hybridized carbons (Fsp3) is 0.294. The molecule has 1 atom stereocenters. The molecule has 0 saturated heterocycles. The Balaban J connectivity index is 2.55. The molecule has 1 N–H and O–H groups in total. The molecule has 20 heavy (non-hydrogen) atoms. The molecule has 0 aromatic heterocycles. The van der Waals surface area contributed by atoms with Crippen LogP contribution in [0.5, 0.6) is 0 Å². The summed E-state index contributed by atoms with van der Waals surface area (Å²) < 4.78 is 0.930. The maximum Gasteiger partial charge on any atom is 0.0579 e. The summed E-state index contributed by atoms with van der Waals surface area (Å²) in [7, 11) is 1.99. The van der Waals surface area contributed by atoms with Gasteiger partial charge in [0.25, 0.3) is 0 Å². The van der Waals surface area contributed by atoms with Gasteiger partial charge in [-0.3, -0.25) is 0 Å². The van der Waals surface area contributed by atoms with Gasteiger partial charge in [-0.05, 0) is 78.1 Å². The first-order valence-corrected chi connectivity index (χ1v) is 7.81. The quantitative estimate of drug-likeness (QED) is 0.786. The van der Waals surface area contributed by atoms with Crippen molar-refractivity contribution in [2.24, 2.45) is 0 Å². The van der Waals surface area contributed by atoms with Gasteiger partial charge in [0.05, 0.1) is 11.1 Å². The van der Waals surface area contributed by atoms with Crippen molar-refractivity contribution in [2.75, 3.05) is 7.05 Å². The van der Waals surface area contributed by atoms with Gasteiger partial charge in [-0.25, -0.2) is 0 Å². The van der Waals surface area contributed by atoms with E-state index in [9.17, 15) is 0 Å². The lowest BCUT2D eigenvalue weighted by atomic mass is 9.90. The van der Waals surface area contributed by atoms with E-state index in [2.05, 4.69) is 66.3 Å². The number of aryl methyl sites for hydroxylation is 3. The Labute approximate surface area is 134 Å². The van der Waals surface area contributed by atoms with Crippen LogP contribution in [0.25, 0.3) is 0 Å². The number of hydrogen-bond acceptors (Lipinski definition) is 1. The normalized spacial score (nSPS) is 12.5. The number of halogens is 2. The van der Waals surface area contributed by atoms with Crippen LogP contribution < -0.4 is 5.32 Å². The Kier molecular flexibility index (Phi) is 4.90. The number of benzene rings is 2. The van der Waals surface area contributed by atoms with Crippen LogP contribution in [0.2, 0.25) is 5.02 Å². The summed E-state index contributed by atoms with van der Waals surface area (Å²) in [5, 5.41) is 4.16. The molecule has 0 aliphatic heterocycles. The van der Waals surface area contributed by atoms with Crippen LogP contribution in [0, 0.1) is 20.8 Å². The number of hydrogen-bond donors (Lipinski definition) is 1. The molecule has 0 spiro atoms. The molecule has 106 valence electrons. The lowest BCUT2D eigenvalue weighted by Crippen LogP contribution is -2.20. The maximum atomic E-state index is 6.09.